The molecule has 3 aromatic rings. The minimum Gasteiger partial charge on any atom is -0.351 e. The summed E-state index contributed by atoms with van der Waals surface area (Å²) in [5, 5.41) is 2.92. The van der Waals surface area contributed by atoms with Crippen LogP contribution < -0.4 is 10.0 Å². The highest BCUT2D eigenvalue weighted by molar-refractivity contribution is 7.98. The molecule has 0 aromatic heterocycles. The van der Waals surface area contributed by atoms with Gasteiger partial charge in [0, 0.05) is 23.6 Å². The predicted molar refractivity (Wildman–Crippen MR) is 128 cm³/mol. The van der Waals surface area contributed by atoms with Gasteiger partial charge in [-0.15, -0.1) is 0 Å². The van der Waals surface area contributed by atoms with Crippen molar-refractivity contribution in [2.45, 2.75) is 24.5 Å². The third-order valence-corrected chi connectivity index (χ3v) is 7.23. The second-order valence-corrected chi connectivity index (χ2v) is 9.97. The monoisotopic (exact) mass is 454 g/mol. The molecule has 0 aliphatic rings. The van der Waals surface area contributed by atoms with Crippen LogP contribution in [-0.4, -0.2) is 26.6 Å². The summed E-state index contributed by atoms with van der Waals surface area (Å²) in [5.41, 5.74) is 4.22. The lowest BCUT2D eigenvalue weighted by molar-refractivity contribution is 0.0956. The molecular weight excluding hydrogens is 428 g/mol. The molecule has 3 rings (SSSR count). The van der Waals surface area contributed by atoms with Crippen molar-refractivity contribution in [3.05, 3.63) is 95.1 Å². The number of aryl methyl sites for hydroxylation is 2. The van der Waals surface area contributed by atoms with Crippen molar-refractivity contribution in [3.63, 3.8) is 0 Å². The number of carbonyl (C=O) groups excluding carboxylic acids is 1. The Morgan fingerprint density at radius 1 is 0.903 bits per heavy atom. The Morgan fingerprint density at radius 2 is 1.61 bits per heavy atom. The van der Waals surface area contributed by atoms with Crippen molar-refractivity contribution in [3.8, 4) is 0 Å². The van der Waals surface area contributed by atoms with Crippen molar-refractivity contribution in [1.82, 2.24) is 5.32 Å². The van der Waals surface area contributed by atoms with Gasteiger partial charge in [-0.25, -0.2) is 8.42 Å². The van der Waals surface area contributed by atoms with Crippen LogP contribution in [0.5, 0.6) is 0 Å². The average Bonchev–Trinajstić information content (AvgIpc) is 2.76. The predicted octanol–water partition coefficient (Wildman–Crippen LogP) is 4.77. The Bertz CT molecular complexity index is 1150. The van der Waals surface area contributed by atoms with E-state index in [-0.39, 0.29) is 10.8 Å². The lowest BCUT2D eigenvalue weighted by Gasteiger charge is -2.12. The third-order valence-electron chi connectivity index (χ3n) is 4.84. The van der Waals surface area contributed by atoms with E-state index in [9.17, 15) is 13.2 Å². The number of carbonyl (C=O) groups is 1. The molecule has 3 aromatic carbocycles. The van der Waals surface area contributed by atoms with Crippen molar-refractivity contribution in [1.29, 1.82) is 0 Å². The molecule has 0 saturated heterocycles. The molecule has 2 N–H and O–H groups in total. The van der Waals surface area contributed by atoms with Gasteiger partial charge >= 0.3 is 0 Å². The van der Waals surface area contributed by atoms with Crippen LogP contribution in [0.4, 0.5) is 5.69 Å². The van der Waals surface area contributed by atoms with E-state index >= 15 is 0 Å². The van der Waals surface area contributed by atoms with Crippen LogP contribution >= 0.6 is 11.8 Å². The van der Waals surface area contributed by atoms with E-state index in [1.807, 2.05) is 12.1 Å². The summed E-state index contributed by atoms with van der Waals surface area (Å²) in [6.07, 6.45) is 0. The van der Waals surface area contributed by atoms with Crippen LogP contribution in [0.1, 0.15) is 27.0 Å². The molecule has 162 valence electrons. The fourth-order valence-electron chi connectivity index (χ4n) is 3.02. The molecule has 0 atom stereocenters. The number of anilines is 1. The van der Waals surface area contributed by atoms with Crippen LogP contribution in [0.25, 0.3) is 0 Å². The number of nitrogens with one attached hydrogen (secondary N) is 2. The first-order valence-corrected chi connectivity index (χ1v) is 12.6. The quantitative estimate of drug-likeness (QED) is 0.457. The molecule has 0 bridgehead atoms. The minimum atomic E-state index is -3.67. The van der Waals surface area contributed by atoms with E-state index in [0.29, 0.717) is 23.4 Å². The highest BCUT2D eigenvalue weighted by atomic mass is 32.2. The van der Waals surface area contributed by atoms with Gasteiger partial charge in [0.2, 0.25) is 0 Å². The molecular formula is C24H26N2O3S2. The van der Waals surface area contributed by atoms with Gasteiger partial charge in [0.15, 0.2) is 0 Å². The number of benzene rings is 3. The first kappa shape index (κ1) is 22.9. The normalized spacial score (nSPS) is 11.2. The molecule has 1 amide bonds. The number of hydrogen-bond acceptors (Lipinski definition) is 4. The van der Waals surface area contributed by atoms with Gasteiger partial charge in [-0.3, -0.25) is 9.52 Å². The SMILES string of the molecule is Cc1ccccc1CSCCNC(=O)c1ccc(NS(=O)(=O)c2ccccc2)c(C)c1. The summed E-state index contributed by atoms with van der Waals surface area (Å²) < 4.78 is 27.6. The number of thioether (sulfide) groups is 1. The van der Waals surface area contributed by atoms with Gasteiger partial charge in [-0.2, -0.15) is 11.8 Å². The molecule has 0 saturated carbocycles. The average molecular weight is 455 g/mol. The van der Waals surface area contributed by atoms with E-state index in [2.05, 4.69) is 29.1 Å². The first-order chi connectivity index (χ1) is 14.9. The fraction of sp³-hybridized carbons (Fsp3) is 0.208. The van der Waals surface area contributed by atoms with Crippen molar-refractivity contribution in [2.24, 2.45) is 0 Å². The zero-order valence-corrected chi connectivity index (χ0v) is 19.2. The Morgan fingerprint density at radius 3 is 2.32 bits per heavy atom. The molecule has 0 radical (unpaired) electrons. The Hall–Kier alpha value is -2.77. The van der Waals surface area contributed by atoms with Crippen LogP contribution in [0.2, 0.25) is 0 Å². The van der Waals surface area contributed by atoms with Gasteiger partial charge in [0.05, 0.1) is 10.6 Å². The maximum absolute atomic E-state index is 12.5. The second kappa shape index (κ2) is 10.5. The number of hydrogen-bond donors (Lipinski definition) is 2. The van der Waals surface area contributed by atoms with Crippen LogP contribution in [0, 0.1) is 13.8 Å². The van der Waals surface area contributed by atoms with E-state index in [0.717, 1.165) is 11.5 Å². The van der Waals surface area contributed by atoms with E-state index in [4.69, 9.17) is 0 Å². The minimum absolute atomic E-state index is 0.169. The van der Waals surface area contributed by atoms with Gasteiger partial charge in [-0.05, 0) is 60.9 Å². The maximum Gasteiger partial charge on any atom is 0.261 e. The Balaban J connectivity index is 1.52. The molecule has 0 spiro atoms. The molecule has 5 nitrogen and oxygen atoms in total. The van der Waals surface area contributed by atoms with E-state index in [1.165, 1.54) is 23.3 Å². The largest absolute Gasteiger partial charge is 0.351 e. The summed E-state index contributed by atoms with van der Waals surface area (Å²) >= 11 is 1.78. The number of sulfonamides is 1. The van der Waals surface area contributed by atoms with Gasteiger partial charge in [0.1, 0.15) is 0 Å². The third kappa shape index (κ3) is 6.35. The summed E-state index contributed by atoms with van der Waals surface area (Å²) in [7, 11) is -3.67. The zero-order chi connectivity index (χ0) is 22.3. The maximum atomic E-state index is 12.5. The first-order valence-electron chi connectivity index (χ1n) is 9.96. The molecule has 7 heteroatoms. The highest BCUT2D eigenvalue weighted by Gasteiger charge is 2.15. The van der Waals surface area contributed by atoms with Gasteiger partial charge in [0.25, 0.3) is 15.9 Å². The number of amides is 1. The highest BCUT2D eigenvalue weighted by Crippen LogP contribution is 2.21. The molecule has 0 fully saturated rings. The van der Waals surface area contributed by atoms with Crippen LogP contribution in [0.15, 0.2) is 77.7 Å². The topological polar surface area (TPSA) is 75.3 Å². The molecule has 31 heavy (non-hydrogen) atoms. The Kier molecular flexibility index (Phi) is 7.76. The van der Waals surface area contributed by atoms with Crippen molar-refractivity contribution >= 4 is 33.4 Å². The molecule has 0 unspecified atom stereocenters. The molecule has 0 aliphatic carbocycles. The summed E-state index contributed by atoms with van der Waals surface area (Å²) in [6, 6.07) is 21.4. The lowest BCUT2D eigenvalue weighted by atomic mass is 10.1. The standard InChI is InChI=1S/C24H26N2O3S2/c1-18-8-6-7-9-21(18)17-30-15-14-25-24(27)20-12-13-23(19(2)16-20)26-31(28,29)22-10-4-3-5-11-22/h3-13,16,26H,14-15,17H2,1-2H3,(H,25,27). The van der Waals surface area contributed by atoms with E-state index in [1.54, 1.807) is 55.1 Å². The summed E-state index contributed by atoms with van der Waals surface area (Å²) in [5.74, 6) is 1.56. The van der Waals surface area contributed by atoms with Gasteiger partial charge in [-0.1, -0.05) is 42.5 Å². The van der Waals surface area contributed by atoms with E-state index < -0.39 is 10.0 Å². The fourth-order valence-corrected chi connectivity index (χ4v) is 5.10. The molecule has 0 aliphatic heterocycles. The summed E-state index contributed by atoms with van der Waals surface area (Å²) in [6.45, 7) is 4.44. The summed E-state index contributed by atoms with van der Waals surface area (Å²) in [4.78, 5) is 12.6. The molecule has 0 heterocycles. The van der Waals surface area contributed by atoms with Crippen molar-refractivity contribution in [2.75, 3.05) is 17.0 Å². The lowest BCUT2D eigenvalue weighted by Crippen LogP contribution is -2.26. The number of rotatable bonds is 9. The Labute approximate surface area is 188 Å². The zero-order valence-electron chi connectivity index (χ0n) is 17.6. The van der Waals surface area contributed by atoms with Crippen molar-refractivity contribution < 1.29 is 13.2 Å². The smallest absolute Gasteiger partial charge is 0.261 e. The second-order valence-electron chi connectivity index (χ2n) is 7.18. The van der Waals surface area contributed by atoms with Crippen LogP contribution in [0.3, 0.4) is 0 Å². The van der Waals surface area contributed by atoms with Crippen LogP contribution in [-0.2, 0) is 15.8 Å². The van der Waals surface area contributed by atoms with Gasteiger partial charge < -0.3 is 5.32 Å².